The molecule has 0 unspecified atom stereocenters. The number of carbonyl (C=O) groups excluding carboxylic acids is 1. The number of ether oxygens (including phenoxy) is 1. The molecule has 12 heteroatoms. The third kappa shape index (κ3) is 5.03. The molecule has 1 N–H and O–H groups in total. The summed E-state index contributed by atoms with van der Waals surface area (Å²) in [6, 6.07) is 5.49. The van der Waals surface area contributed by atoms with E-state index in [-0.39, 0.29) is 35.8 Å². The second-order valence-corrected chi connectivity index (χ2v) is 6.30. The van der Waals surface area contributed by atoms with Gasteiger partial charge in [0.25, 0.3) is 0 Å². The van der Waals surface area contributed by atoms with Crippen molar-refractivity contribution in [2.75, 3.05) is 11.9 Å². The lowest BCUT2D eigenvalue weighted by atomic mass is 10.2. The SMILES string of the molecule is CCOC(=O)Cn1nc(Nc2ccc(F)c(C(F)(F)F)c2)nc1-c1ccc(Cl)nc1. The monoisotopic (exact) mass is 443 g/mol. The van der Waals surface area contributed by atoms with Crippen LogP contribution in [0.2, 0.25) is 5.15 Å². The number of esters is 1. The summed E-state index contributed by atoms with van der Waals surface area (Å²) in [6.45, 7) is 1.51. The Morgan fingerprint density at radius 1 is 1.27 bits per heavy atom. The number of pyridine rings is 1. The van der Waals surface area contributed by atoms with Crippen molar-refractivity contribution < 1.29 is 27.1 Å². The van der Waals surface area contributed by atoms with Crippen LogP contribution in [0.25, 0.3) is 11.4 Å². The minimum Gasteiger partial charge on any atom is -0.465 e. The van der Waals surface area contributed by atoms with E-state index in [0.717, 1.165) is 6.07 Å². The molecular weight excluding hydrogens is 430 g/mol. The van der Waals surface area contributed by atoms with Crippen molar-refractivity contribution in [1.29, 1.82) is 0 Å². The number of hydrogen-bond acceptors (Lipinski definition) is 6. The van der Waals surface area contributed by atoms with E-state index in [1.165, 1.54) is 16.9 Å². The number of anilines is 2. The molecule has 3 rings (SSSR count). The summed E-state index contributed by atoms with van der Waals surface area (Å²) in [6.07, 6.45) is -3.46. The molecule has 3 aromatic rings. The van der Waals surface area contributed by atoms with E-state index >= 15 is 0 Å². The fourth-order valence-corrected chi connectivity index (χ4v) is 2.62. The first kappa shape index (κ1) is 21.5. The third-order valence-corrected chi connectivity index (χ3v) is 3.99. The van der Waals surface area contributed by atoms with Gasteiger partial charge in [-0.1, -0.05) is 11.6 Å². The molecule has 0 aliphatic rings. The zero-order valence-electron chi connectivity index (χ0n) is 15.4. The van der Waals surface area contributed by atoms with Gasteiger partial charge in [-0.2, -0.15) is 18.2 Å². The van der Waals surface area contributed by atoms with Crippen molar-refractivity contribution in [3.05, 3.63) is 53.1 Å². The topological polar surface area (TPSA) is 81.9 Å². The molecule has 0 saturated carbocycles. The lowest BCUT2D eigenvalue weighted by Gasteiger charge is -2.10. The van der Waals surface area contributed by atoms with Gasteiger partial charge in [0.15, 0.2) is 5.82 Å². The predicted molar refractivity (Wildman–Crippen MR) is 99.6 cm³/mol. The maximum atomic E-state index is 13.5. The van der Waals surface area contributed by atoms with Gasteiger partial charge in [0.2, 0.25) is 5.95 Å². The van der Waals surface area contributed by atoms with E-state index in [4.69, 9.17) is 16.3 Å². The minimum absolute atomic E-state index is 0.0854. The zero-order chi connectivity index (χ0) is 21.9. The second-order valence-electron chi connectivity index (χ2n) is 5.91. The molecule has 30 heavy (non-hydrogen) atoms. The number of nitrogens with zero attached hydrogens (tertiary/aromatic N) is 4. The van der Waals surface area contributed by atoms with E-state index < -0.39 is 23.5 Å². The van der Waals surface area contributed by atoms with Gasteiger partial charge >= 0.3 is 12.1 Å². The van der Waals surface area contributed by atoms with Gasteiger partial charge in [-0.05, 0) is 37.3 Å². The van der Waals surface area contributed by atoms with Crippen molar-refractivity contribution >= 4 is 29.2 Å². The summed E-state index contributed by atoms with van der Waals surface area (Å²) in [7, 11) is 0. The van der Waals surface area contributed by atoms with Crippen molar-refractivity contribution in [3.8, 4) is 11.4 Å². The molecule has 0 saturated heterocycles. The van der Waals surface area contributed by atoms with Gasteiger partial charge in [-0.3, -0.25) is 4.79 Å². The van der Waals surface area contributed by atoms with Gasteiger partial charge in [0.1, 0.15) is 17.5 Å². The first-order chi connectivity index (χ1) is 14.2. The number of aromatic nitrogens is 4. The second kappa shape index (κ2) is 8.66. The molecule has 0 fully saturated rings. The van der Waals surface area contributed by atoms with Crippen LogP contribution in [0.1, 0.15) is 12.5 Å². The first-order valence-corrected chi connectivity index (χ1v) is 8.91. The molecule has 158 valence electrons. The Morgan fingerprint density at radius 3 is 2.67 bits per heavy atom. The largest absolute Gasteiger partial charge is 0.465 e. The van der Waals surface area contributed by atoms with E-state index in [1.54, 1.807) is 13.0 Å². The van der Waals surface area contributed by atoms with Gasteiger partial charge < -0.3 is 10.1 Å². The average Bonchev–Trinajstić information content (AvgIpc) is 3.05. The number of halogens is 5. The lowest BCUT2D eigenvalue weighted by Crippen LogP contribution is -2.15. The molecule has 0 spiro atoms. The smallest absolute Gasteiger partial charge is 0.419 e. The molecule has 0 aliphatic heterocycles. The number of hydrogen-bond donors (Lipinski definition) is 1. The maximum Gasteiger partial charge on any atom is 0.419 e. The lowest BCUT2D eigenvalue weighted by molar-refractivity contribution is -0.144. The Morgan fingerprint density at radius 2 is 2.03 bits per heavy atom. The van der Waals surface area contributed by atoms with Crippen LogP contribution < -0.4 is 5.32 Å². The summed E-state index contributed by atoms with van der Waals surface area (Å²) >= 11 is 5.78. The Kier molecular flexibility index (Phi) is 6.20. The summed E-state index contributed by atoms with van der Waals surface area (Å²) in [5.41, 5.74) is -1.06. The van der Waals surface area contributed by atoms with Crippen molar-refractivity contribution in [2.24, 2.45) is 0 Å². The summed E-state index contributed by atoms with van der Waals surface area (Å²) in [5, 5.41) is 6.92. The molecule has 0 aliphatic carbocycles. The number of carbonyl (C=O) groups is 1. The van der Waals surface area contributed by atoms with Gasteiger partial charge in [-0.25, -0.2) is 14.1 Å². The fraction of sp³-hybridized carbons (Fsp3) is 0.222. The van der Waals surface area contributed by atoms with Crippen molar-refractivity contribution in [3.63, 3.8) is 0 Å². The van der Waals surface area contributed by atoms with Crippen LogP contribution >= 0.6 is 11.6 Å². The van der Waals surface area contributed by atoms with Crippen LogP contribution in [-0.2, 0) is 22.3 Å². The molecular formula is C18H14ClF4N5O2. The van der Waals surface area contributed by atoms with Gasteiger partial charge in [0.05, 0.1) is 12.2 Å². The summed E-state index contributed by atoms with van der Waals surface area (Å²) < 4.78 is 58.4. The van der Waals surface area contributed by atoms with E-state index in [0.29, 0.717) is 17.7 Å². The summed E-state index contributed by atoms with van der Waals surface area (Å²) in [5.74, 6) is -1.89. The normalized spacial score (nSPS) is 11.4. The molecule has 7 nitrogen and oxygen atoms in total. The highest BCUT2D eigenvalue weighted by Crippen LogP contribution is 2.33. The molecule has 1 aromatic carbocycles. The Balaban J connectivity index is 1.96. The van der Waals surface area contributed by atoms with E-state index in [9.17, 15) is 22.4 Å². The van der Waals surface area contributed by atoms with E-state index in [2.05, 4.69) is 20.4 Å². The number of benzene rings is 1. The number of nitrogens with one attached hydrogen (secondary N) is 1. The van der Waals surface area contributed by atoms with Gasteiger partial charge in [0, 0.05) is 17.4 Å². The molecule has 0 bridgehead atoms. The van der Waals surface area contributed by atoms with Crippen LogP contribution in [0.5, 0.6) is 0 Å². The number of alkyl halides is 3. The molecule has 2 heterocycles. The van der Waals surface area contributed by atoms with Crippen LogP contribution in [-0.4, -0.2) is 32.3 Å². The Bertz CT molecular complexity index is 1050. The Labute approximate surface area is 172 Å². The highest BCUT2D eigenvalue weighted by atomic mass is 35.5. The molecule has 0 radical (unpaired) electrons. The first-order valence-electron chi connectivity index (χ1n) is 8.53. The van der Waals surface area contributed by atoms with Crippen molar-refractivity contribution in [1.82, 2.24) is 19.7 Å². The maximum absolute atomic E-state index is 13.5. The van der Waals surface area contributed by atoms with Crippen LogP contribution in [0.4, 0.5) is 29.2 Å². The Hall–Kier alpha value is -3.21. The van der Waals surface area contributed by atoms with Crippen molar-refractivity contribution in [2.45, 2.75) is 19.6 Å². The zero-order valence-corrected chi connectivity index (χ0v) is 16.1. The fourth-order valence-electron chi connectivity index (χ4n) is 2.51. The third-order valence-electron chi connectivity index (χ3n) is 3.77. The highest BCUT2D eigenvalue weighted by molar-refractivity contribution is 6.29. The number of rotatable bonds is 6. The molecule has 0 amide bonds. The van der Waals surface area contributed by atoms with E-state index in [1.807, 2.05) is 0 Å². The van der Waals surface area contributed by atoms with Crippen LogP contribution in [0, 0.1) is 5.82 Å². The molecule has 0 atom stereocenters. The van der Waals surface area contributed by atoms with Gasteiger partial charge in [-0.15, -0.1) is 5.10 Å². The average molecular weight is 444 g/mol. The highest BCUT2D eigenvalue weighted by Gasteiger charge is 2.34. The summed E-state index contributed by atoms with van der Waals surface area (Å²) in [4.78, 5) is 20.0. The molecule has 2 aromatic heterocycles. The standard InChI is InChI=1S/C18H14ClF4N5O2/c1-2-30-15(29)9-28-16(10-3-6-14(19)24-8-10)26-17(27-28)25-11-4-5-13(20)12(7-11)18(21,22)23/h3-8H,2,9H2,1H3,(H,25,27). The van der Waals surface area contributed by atoms with Crippen LogP contribution in [0.3, 0.4) is 0 Å². The minimum atomic E-state index is -4.86. The van der Waals surface area contributed by atoms with Crippen LogP contribution in [0.15, 0.2) is 36.5 Å². The quantitative estimate of drug-likeness (QED) is 0.344. The predicted octanol–water partition coefficient (Wildman–Crippen LogP) is 4.46.